The Hall–Kier alpha value is -2.04. The summed E-state index contributed by atoms with van der Waals surface area (Å²) >= 11 is 0. The van der Waals surface area contributed by atoms with Gasteiger partial charge in [-0.05, 0) is 44.2 Å². The Morgan fingerprint density at radius 2 is 1.95 bits per heavy atom. The zero-order valence-corrected chi connectivity index (χ0v) is 12.7. The van der Waals surface area contributed by atoms with Crippen molar-refractivity contribution in [1.82, 2.24) is 0 Å². The van der Waals surface area contributed by atoms with Crippen molar-refractivity contribution in [2.45, 2.75) is 50.7 Å². The van der Waals surface area contributed by atoms with Crippen LogP contribution in [0, 0.1) is 5.92 Å². The van der Waals surface area contributed by atoms with E-state index in [1.54, 1.807) is 4.90 Å². The highest BCUT2D eigenvalue weighted by atomic mass is 16.6. The molecule has 1 aliphatic carbocycles. The Kier molecular flexibility index (Phi) is 3.81. The number of benzene rings is 1. The van der Waals surface area contributed by atoms with Crippen molar-refractivity contribution in [2.75, 3.05) is 4.90 Å². The van der Waals surface area contributed by atoms with E-state index >= 15 is 0 Å². The van der Waals surface area contributed by atoms with Crippen LogP contribution in [0.25, 0.3) is 0 Å². The number of carbonyl (C=O) groups is 2. The van der Waals surface area contributed by atoms with E-state index in [1.165, 1.54) is 0 Å². The van der Waals surface area contributed by atoms with Crippen LogP contribution in [0.4, 0.5) is 10.5 Å². The highest BCUT2D eigenvalue weighted by Crippen LogP contribution is 2.45. The first-order chi connectivity index (χ1) is 10.6. The number of para-hydroxylation sites is 1. The maximum absolute atomic E-state index is 12.4. The Balaban J connectivity index is 1.86. The summed E-state index contributed by atoms with van der Waals surface area (Å²) in [6, 6.07) is 9.51. The van der Waals surface area contributed by atoms with Crippen molar-refractivity contribution < 1.29 is 19.4 Å². The molecule has 0 bridgehead atoms. The van der Waals surface area contributed by atoms with Gasteiger partial charge in [-0.3, -0.25) is 9.69 Å². The lowest BCUT2D eigenvalue weighted by molar-refractivity contribution is -0.144. The minimum absolute atomic E-state index is 0.0304. The third-order valence-corrected chi connectivity index (χ3v) is 5.01. The third kappa shape index (κ3) is 2.34. The van der Waals surface area contributed by atoms with Gasteiger partial charge in [0, 0.05) is 5.69 Å². The molecule has 1 N–H and O–H groups in total. The predicted molar refractivity (Wildman–Crippen MR) is 81.8 cm³/mol. The quantitative estimate of drug-likeness (QED) is 0.929. The van der Waals surface area contributed by atoms with E-state index in [0.29, 0.717) is 25.7 Å². The van der Waals surface area contributed by atoms with Gasteiger partial charge < -0.3 is 9.84 Å². The van der Waals surface area contributed by atoms with Crippen LogP contribution < -0.4 is 4.90 Å². The van der Waals surface area contributed by atoms with E-state index in [9.17, 15) is 9.59 Å². The summed E-state index contributed by atoms with van der Waals surface area (Å²) in [7, 11) is 0. The number of hydrogen-bond acceptors (Lipinski definition) is 3. The molecule has 1 spiro atoms. The van der Waals surface area contributed by atoms with Crippen molar-refractivity contribution in [2.24, 2.45) is 5.92 Å². The van der Waals surface area contributed by atoms with E-state index in [1.807, 2.05) is 37.3 Å². The Bertz CT molecular complexity index is 563. The monoisotopic (exact) mass is 303 g/mol. The lowest BCUT2D eigenvalue weighted by atomic mass is 9.74. The van der Waals surface area contributed by atoms with Crippen LogP contribution in [-0.2, 0) is 9.53 Å². The first-order valence-electron chi connectivity index (χ1n) is 7.87. The largest absolute Gasteiger partial charge is 0.481 e. The summed E-state index contributed by atoms with van der Waals surface area (Å²) < 4.78 is 5.78. The Morgan fingerprint density at radius 3 is 2.50 bits per heavy atom. The minimum Gasteiger partial charge on any atom is -0.481 e. The Labute approximate surface area is 129 Å². The van der Waals surface area contributed by atoms with E-state index in [-0.39, 0.29) is 18.1 Å². The van der Waals surface area contributed by atoms with Crippen LogP contribution in [0.5, 0.6) is 0 Å². The van der Waals surface area contributed by atoms with Gasteiger partial charge in [-0.25, -0.2) is 4.79 Å². The molecule has 1 amide bonds. The minimum atomic E-state index is -0.743. The van der Waals surface area contributed by atoms with Gasteiger partial charge in [0.15, 0.2) is 0 Å². The number of aliphatic carboxylic acids is 1. The lowest BCUT2D eigenvalue weighted by Crippen LogP contribution is -2.48. The average molecular weight is 303 g/mol. The van der Waals surface area contributed by atoms with Crippen LogP contribution in [0.1, 0.15) is 39.0 Å². The van der Waals surface area contributed by atoms with Crippen LogP contribution in [0.15, 0.2) is 30.3 Å². The van der Waals surface area contributed by atoms with Crippen LogP contribution in [0.3, 0.4) is 0 Å². The molecular weight excluding hydrogens is 282 g/mol. The fourth-order valence-corrected chi connectivity index (χ4v) is 3.87. The summed E-state index contributed by atoms with van der Waals surface area (Å²) in [5, 5.41) is 9.16. The normalized spacial score (nSPS) is 31.3. The van der Waals surface area contributed by atoms with Crippen molar-refractivity contribution in [3.05, 3.63) is 30.3 Å². The number of rotatable bonds is 3. The van der Waals surface area contributed by atoms with Gasteiger partial charge in [-0.15, -0.1) is 0 Å². The fraction of sp³-hybridized carbons (Fsp3) is 0.529. The molecule has 1 unspecified atom stereocenters. The summed E-state index contributed by atoms with van der Waals surface area (Å²) in [5.41, 5.74) is 0.310. The summed E-state index contributed by atoms with van der Waals surface area (Å²) in [4.78, 5) is 25.3. The van der Waals surface area contributed by atoms with Gasteiger partial charge in [0.05, 0.1) is 12.0 Å². The average Bonchev–Trinajstić information content (AvgIpc) is 2.79. The van der Waals surface area contributed by atoms with Crippen LogP contribution in [-0.4, -0.2) is 28.8 Å². The molecule has 1 aromatic rings. The molecule has 2 aliphatic rings. The molecule has 3 rings (SSSR count). The zero-order chi connectivity index (χ0) is 15.7. The molecule has 0 aromatic heterocycles. The van der Waals surface area contributed by atoms with Gasteiger partial charge in [-0.2, -0.15) is 0 Å². The van der Waals surface area contributed by atoms with E-state index in [2.05, 4.69) is 0 Å². The second kappa shape index (κ2) is 5.63. The van der Waals surface area contributed by atoms with Crippen molar-refractivity contribution in [3.63, 3.8) is 0 Å². The molecule has 1 heterocycles. The fourth-order valence-electron chi connectivity index (χ4n) is 3.87. The highest BCUT2D eigenvalue weighted by molar-refractivity contribution is 5.91. The Morgan fingerprint density at radius 1 is 1.32 bits per heavy atom. The van der Waals surface area contributed by atoms with Gasteiger partial charge in [-0.1, -0.05) is 25.1 Å². The van der Waals surface area contributed by atoms with E-state index in [0.717, 1.165) is 12.1 Å². The number of amides is 1. The first kappa shape index (κ1) is 14.9. The van der Waals surface area contributed by atoms with Crippen molar-refractivity contribution >= 4 is 17.7 Å². The van der Waals surface area contributed by atoms with Crippen LogP contribution >= 0.6 is 0 Å². The van der Waals surface area contributed by atoms with Crippen molar-refractivity contribution in [1.29, 1.82) is 0 Å². The highest BCUT2D eigenvalue weighted by Gasteiger charge is 2.55. The summed E-state index contributed by atoms with van der Waals surface area (Å²) in [6.07, 6.45) is 2.86. The van der Waals surface area contributed by atoms with Gasteiger partial charge in [0.1, 0.15) is 5.60 Å². The smallest absolute Gasteiger partial charge is 0.415 e. The standard InChI is InChI=1S/C17H21NO4/c1-2-14-17(10-8-12(9-11-17)15(19)20)22-16(21)18(14)13-6-4-3-5-7-13/h3-7,12,14H,2,8-11H2,1H3,(H,19,20). The van der Waals surface area contributed by atoms with Gasteiger partial charge >= 0.3 is 12.1 Å². The number of ether oxygens (including phenoxy) is 1. The number of anilines is 1. The molecule has 5 nitrogen and oxygen atoms in total. The summed E-state index contributed by atoms with van der Waals surface area (Å²) in [5.74, 6) is -1.06. The topological polar surface area (TPSA) is 66.8 Å². The zero-order valence-electron chi connectivity index (χ0n) is 12.7. The molecule has 1 aliphatic heterocycles. The molecule has 1 saturated heterocycles. The molecule has 2 fully saturated rings. The molecule has 1 atom stereocenters. The molecule has 5 heteroatoms. The number of nitrogens with zero attached hydrogens (tertiary/aromatic N) is 1. The lowest BCUT2D eigenvalue weighted by Gasteiger charge is -2.39. The maximum atomic E-state index is 12.4. The second-order valence-electron chi connectivity index (χ2n) is 6.17. The first-order valence-corrected chi connectivity index (χ1v) is 7.87. The molecule has 1 aromatic carbocycles. The number of hydrogen-bond donors (Lipinski definition) is 1. The summed E-state index contributed by atoms with van der Waals surface area (Å²) in [6.45, 7) is 2.05. The van der Waals surface area contributed by atoms with E-state index in [4.69, 9.17) is 9.84 Å². The molecule has 0 radical (unpaired) electrons. The second-order valence-corrected chi connectivity index (χ2v) is 6.17. The molecule has 22 heavy (non-hydrogen) atoms. The van der Waals surface area contributed by atoms with Gasteiger partial charge in [0.2, 0.25) is 0 Å². The van der Waals surface area contributed by atoms with Crippen LogP contribution in [0.2, 0.25) is 0 Å². The van der Waals surface area contributed by atoms with Crippen molar-refractivity contribution in [3.8, 4) is 0 Å². The number of carboxylic acid groups (broad SMARTS) is 1. The molecule has 118 valence electrons. The van der Waals surface area contributed by atoms with E-state index < -0.39 is 11.6 Å². The maximum Gasteiger partial charge on any atom is 0.415 e. The third-order valence-electron chi connectivity index (χ3n) is 5.01. The molecule has 1 saturated carbocycles. The molecular formula is C17H21NO4. The SMILES string of the molecule is CCC1N(c2ccccc2)C(=O)OC12CCC(C(=O)O)CC2. The number of carboxylic acids is 1. The predicted octanol–water partition coefficient (Wildman–Crippen LogP) is 3.44. The van der Waals surface area contributed by atoms with Gasteiger partial charge in [0.25, 0.3) is 0 Å². The number of carbonyl (C=O) groups excluding carboxylic acids is 1.